The van der Waals surface area contributed by atoms with Gasteiger partial charge in [0.15, 0.2) is 5.43 Å². The number of carbonyl (C=O) groups excluding carboxylic acids is 1. The summed E-state index contributed by atoms with van der Waals surface area (Å²) in [5, 5.41) is 12.4. The van der Waals surface area contributed by atoms with Crippen LogP contribution in [-0.4, -0.2) is 29.1 Å². The zero-order chi connectivity index (χ0) is 15.3. The maximum atomic E-state index is 12.0. The lowest BCUT2D eigenvalue weighted by molar-refractivity contribution is 0.0929. The molecule has 5 heteroatoms. The molecule has 1 amide bonds. The van der Waals surface area contributed by atoms with Gasteiger partial charge in [0, 0.05) is 30.3 Å². The molecule has 2 rings (SSSR count). The number of benzene rings is 1. The molecule has 0 radical (unpaired) electrons. The highest BCUT2D eigenvalue weighted by molar-refractivity contribution is 5.92. The highest BCUT2D eigenvalue weighted by atomic mass is 16.3. The summed E-state index contributed by atoms with van der Waals surface area (Å²) in [6.07, 6.45) is 1.43. The summed E-state index contributed by atoms with van der Waals surface area (Å²) in [5.74, 6) is -0.372. The minimum atomic E-state index is -0.577. The van der Waals surface area contributed by atoms with Crippen LogP contribution in [0.4, 0.5) is 0 Å². The molecule has 0 spiro atoms. The van der Waals surface area contributed by atoms with E-state index in [2.05, 4.69) is 10.3 Å². The van der Waals surface area contributed by atoms with Crippen LogP contribution >= 0.6 is 0 Å². The first-order valence-electron chi connectivity index (χ1n) is 6.68. The SMILES string of the molecule is CC(CO)(CNC(=O)c1cc(=O)cc[nH]1)c1ccccc1. The van der Waals surface area contributed by atoms with Gasteiger partial charge in [-0.1, -0.05) is 37.3 Å². The smallest absolute Gasteiger partial charge is 0.267 e. The van der Waals surface area contributed by atoms with Crippen molar-refractivity contribution >= 4 is 5.91 Å². The summed E-state index contributed by atoms with van der Waals surface area (Å²) in [4.78, 5) is 26.0. The average molecular weight is 286 g/mol. The average Bonchev–Trinajstić information content (AvgIpc) is 2.53. The van der Waals surface area contributed by atoms with E-state index in [9.17, 15) is 14.7 Å². The van der Waals surface area contributed by atoms with Gasteiger partial charge in [-0.25, -0.2) is 0 Å². The van der Waals surface area contributed by atoms with Gasteiger partial charge in [-0.2, -0.15) is 0 Å². The predicted molar refractivity (Wildman–Crippen MR) is 80.3 cm³/mol. The Balaban J connectivity index is 2.10. The van der Waals surface area contributed by atoms with Crippen LogP contribution in [0.1, 0.15) is 23.0 Å². The van der Waals surface area contributed by atoms with Gasteiger partial charge < -0.3 is 15.4 Å². The molecule has 5 nitrogen and oxygen atoms in total. The van der Waals surface area contributed by atoms with Crippen LogP contribution in [0.3, 0.4) is 0 Å². The minimum Gasteiger partial charge on any atom is -0.395 e. The maximum Gasteiger partial charge on any atom is 0.267 e. The summed E-state index contributed by atoms with van der Waals surface area (Å²) in [5.41, 5.74) is 0.337. The van der Waals surface area contributed by atoms with Gasteiger partial charge in [0.2, 0.25) is 0 Å². The summed E-state index contributed by atoms with van der Waals surface area (Å²) < 4.78 is 0. The van der Waals surface area contributed by atoms with Crippen molar-refractivity contribution in [2.75, 3.05) is 13.2 Å². The fourth-order valence-electron chi connectivity index (χ4n) is 2.04. The molecule has 21 heavy (non-hydrogen) atoms. The Morgan fingerprint density at radius 2 is 2.00 bits per heavy atom. The van der Waals surface area contributed by atoms with Gasteiger partial charge in [-0.05, 0) is 5.56 Å². The van der Waals surface area contributed by atoms with E-state index < -0.39 is 5.41 Å². The molecule has 110 valence electrons. The van der Waals surface area contributed by atoms with Crippen molar-refractivity contribution in [1.82, 2.24) is 10.3 Å². The van der Waals surface area contributed by atoms with Gasteiger partial charge in [-0.3, -0.25) is 9.59 Å². The summed E-state index contributed by atoms with van der Waals surface area (Å²) >= 11 is 0. The van der Waals surface area contributed by atoms with E-state index >= 15 is 0 Å². The van der Waals surface area contributed by atoms with Crippen LogP contribution in [0.2, 0.25) is 0 Å². The third kappa shape index (κ3) is 3.58. The molecular weight excluding hydrogens is 268 g/mol. The van der Waals surface area contributed by atoms with Crippen LogP contribution in [-0.2, 0) is 5.41 Å². The molecule has 0 bridgehead atoms. The maximum absolute atomic E-state index is 12.0. The quantitative estimate of drug-likeness (QED) is 0.768. The Labute approximate surface area is 122 Å². The van der Waals surface area contributed by atoms with Crippen molar-refractivity contribution in [3.63, 3.8) is 0 Å². The highest BCUT2D eigenvalue weighted by Gasteiger charge is 2.26. The van der Waals surface area contributed by atoms with E-state index in [1.807, 2.05) is 37.3 Å². The number of rotatable bonds is 5. The second-order valence-corrected chi connectivity index (χ2v) is 5.21. The van der Waals surface area contributed by atoms with E-state index in [0.29, 0.717) is 0 Å². The van der Waals surface area contributed by atoms with Gasteiger partial charge in [-0.15, -0.1) is 0 Å². The molecule has 0 saturated carbocycles. The predicted octanol–water partition coefficient (Wildman–Crippen LogP) is 1.05. The Hall–Kier alpha value is -2.40. The number of carbonyl (C=O) groups is 1. The third-order valence-corrected chi connectivity index (χ3v) is 3.48. The number of H-pyrrole nitrogens is 1. The zero-order valence-electron chi connectivity index (χ0n) is 11.8. The number of pyridine rings is 1. The number of aromatic amines is 1. The lowest BCUT2D eigenvalue weighted by Crippen LogP contribution is -2.41. The third-order valence-electron chi connectivity index (χ3n) is 3.48. The van der Waals surface area contributed by atoms with Crippen LogP contribution in [0, 0.1) is 0 Å². The number of amides is 1. The van der Waals surface area contributed by atoms with Crippen molar-refractivity contribution in [3.05, 3.63) is 70.1 Å². The largest absolute Gasteiger partial charge is 0.395 e. The van der Waals surface area contributed by atoms with Crippen LogP contribution < -0.4 is 10.7 Å². The molecule has 1 heterocycles. The highest BCUT2D eigenvalue weighted by Crippen LogP contribution is 2.22. The molecule has 0 aliphatic heterocycles. The first kappa shape index (κ1) is 15.0. The number of nitrogens with one attached hydrogen (secondary N) is 2. The number of aliphatic hydroxyl groups excluding tert-OH is 1. The Bertz CT molecular complexity index is 666. The summed E-state index contributed by atoms with van der Waals surface area (Å²) in [7, 11) is 0. The monoisotopic (exact) mass is 286 g/mol. The summed E-state index contributed by atoms with van der Waals surface area (Å²) in [6, 6.07) is 12.1. The van der Waals surface area contributed by atoms with Crippen LogP contribution in [0.25, 0.3) is 0 Å². The molecule has 0 aliphatic carbocycles. The van der Waals surface area contributed by atoms with Crippen molar-refractivity contribution in [2.24, 2.45) is 0 Å². The second-order valence-electron chi connectivity index (χ2n) is 5.21. The fourth-order valence-corrected chi connectivity index (χ4v) is 2.04. The molecule has 2 aromatic rings. The fraction of sp³-hybridized carbons (Fsp3) is 0.250. The number of hydrogen-bond donors (Lipinski definition) is 3. The summed E-state index contributed by atoms with van der Waals surface area (Å²) in [6.45, 7) is 2.04. The normalized spacial score (nSPS) is 13.4. The van der Waals surface area contributed by atoms with Crippen molar-refractivity contribution in [3.8, 4) is 0 Å². The Kier molecular flexibility index (Phi) is 4.55. The van der Waals surface area contributed by atoms with Crippen LogP contribution in [0.5, 0.6) is 0 Å². The molecule has 3 N–H and O–H groups in total. The van der Waals surface area contributed by atoms with Crippen LogP contribution in [0.15, 0.2) is 53.5 Å². The van der Waals surface area contributed by atoms with E-state index in [0.717, 1.165) is 5.56 Å². The van der Waals surface area contributed by atoms with Gasteiger partial charge >= 0.3 is 0 Å². The molecule has 0 fully saturated rings. The minimum absolute atomic E-state index is 0.0946. The number of aromatic nitrogens is 1. The van der Waals surface area contributed by atoms with Gasteiger partial charge in [0.05, 0.1) is 6.61 Å². The topological polar surface area (TPSA) is 82.2 Å². The second kappa shape index (κ2) is 6.37. The van der Waals surface area contributed by atoms with Crippen molar-refractivity contribution in [1.29, 1.82) is 0 Å². The van der Waals surface area contributed by atoms with Crippen molar-refractivity contribution < 1.29 is 9.90 Å². The standard InChI is InChI=1S/C16H18N2O3/c1-16(11-19,12-5-3-2-4-6-12)10-18-15(21)14-9-13(20)7-8-17-14/h2-9,19H,10-11H2,1H3,(H,17,20)(H,18,21). The van der Waals surface area contributed by atoms with E-state index in [1.165, 1.54) is 18.3 Å². The number of aliphatic hydroxyl groups is 1. The zero-order valence-corrected chi connectivity index (χ0v) is 11.8. The molecule has 0 saturated heterocycles. The Morgan fingerprint density at radius 1 is 1.29 bits per heavy atom. The first-order valence-corrected chi connectivity index (χ1v) is 6.68. The van der Waals surface area contributed by atoms with Gasteiger partial charge in [0.25, 0.3) is 5.91 Å². The van der Waals surface area contributed by atoms with E-state index in [1.54, 1.807) is 0 Å². The lowest BCUT2D eigenvalue weighted by Gasteiger charge is -2.28. The number of hydrogen-bond acceptors (Lipinski definition) is 3. The Morgan fingerprint density at radius 3 is 2.62 bits per heavy atom. The lowest BCUT2D eigenvalue weighted by atomic mass is 9.83. The van der Waals surface area contributed by atoms with Crippen molar-refractivity contribution in [2.45, 2.75) is 12.3 Å². The molecular formula is C16H18N2O3. The molecule has 0 aliphatic rings. The molecule has 1 unspecified atom stereocenters. The van der Waals surface area contributed by atoms with Gasteiger partial charge in [0.1, 0.15) is 5.69 Å². The molecule has 1 aromatic carbocycles. The van der Waals surface area contributed by atoms with E-state index in [4.69, 9.17) is 0 Å². The molecule has 1 atom stereocenters. The first-order chi connectivity index (χ1) is 10.0. The molecule has 1 aromatic heterocycles. The van der Waals surface area contributed by atoms with E-state index in [-0.39, 0.29) is 30.2 Å².